The van der Waals surface area contributed by atoms with E-state index in [-0.39, 0.29) is 38.0 Å². The Morgan fingerprint density at radius 2 is 1.67 bits per heavy atom. The van der Waals surface area contributed by atoms with Crippen LogP contribution in [-0.4, -0.2) is 51.9 Å². The summed E-state index contributed by atoms with van der Waals surface area (Å²) < 4.78 is 19.5. The smallest absolute Gasteiger partial charge is 0.260 e. The van der Waals surface area contributed by atoms with E-state index in [1.165, 1.54) is 40.5 Å². The average Bonchev–Trinajstić information content (AvgIpc) is 3.80. The van der Waals surface area contributed by atoms with Crippen LogP contribution >= 0.6 is 22.9 Å². The van der Waals surface area contributed by atoms with E-state index in [4.69, 9.17) is 16.3 Å². The van der Waals surface area contributed by atoms with Gasteiger partial charge in [0, 0.05) is 15.8 Å². The number of thiophene rings is 1. The second-order valence-corrected chi connectivity index (χ2v) is 14.8. The van der Waals surface area contributed by atoms with Crippen molar-refractivity contribution in [1.82, 2.24) is 9.91 Å². The summed E-state index contributed by atoms with van der Waals surface area (Å²) in [4.78, 5) is 60.3. The molecule has 0 radical (unpaired) electrons. The van der Waals surface area contributed by atoms with Crippen LogP contribution in [0.25, 0.3) is 0 Å². The molecule has 4 aliphatic rings. The number of rotatable bonds is 9. The van der Waals surface area contributed by atoms with Gasteiger partial charge in [0.25, 0.3) is 11.8 Å². The molecule has 1 aromatic heterocycles. The highest BCUT2D eigenvalue weighted by Crippen LogP contribution is 2.64. The van der Waals surface area contributed by atoms with Crippen molar-refractivity contribution in [2.75, 3.05) is 18.6 Å². The highest BCUT2D eigenvalue weighted by atomic mass is 35.5. The Labute approximate surface area is 302 Å². The standard InChI is InChI=1S/C39H33ClFN3O6S/c40-24-7-5-23(6-8-24)39-32(36(47)44(38(39)49)42-26-11-9-25(41)10-12-26)20-31-29(34(39)22-3-13-27(14-4-22)50-18-17-45)15-16-30-33(31)37(48)43(35(30)46)21-28-2-1-19-51-28/h1-15,19,30-34,42,45H,16-18,20-21H2/t30-,31+,32-,33-,34-,39+/m0/s1. The first-order chi connectivity index (χ1) is 24.7. The van der Waals surface area contributed by atoms with Crippen LogP contribution in [0.3, 0.4) is 0 Å². The third-order valence-corrected chi connectivity index (χ3v) is 11.9. The SMILES string of the molecule is O=C1[C@H]2[C@H](CC=C3[C@H]2C[C@H]2C(=O)N(Nc4ccc(F)cc4)C(=O)[C@@]2(c2ccc(Cl)cc2)[C@H]3c2ccc(OCCO)cc2)C(=O)N1Cc1cccs1. The number of aliphatic hydroxyl groups is 1. The topological polar surface area (TPSA) is 116 Å². The zero-order valence-electron chi connectivity index (χ0n) is 27.2. The first kappa shape index (κ1) is 33.3. The van der Waals surface area contributed by atoms with E-state index >= 15 is 4.79 Å². The summed E-state index contributed by atoms with van der Waals surface area (Å²) in [7, 11) is 0. The van der Waals surface area contributed by atoms with E-state index in [0.29, 0.717) is 28.4 Å². The minimum atomic E-state index is -1.47. The molecule has 1 saturated carbocycles. The van der Waals surface area contributed by atoms with Crippen LogP contribution in [0.5, 0.6) is 5.75 Å². The minimum absolute atomic E-state index is 0.102. The van der Waals surface area contributed by atoms with Crippen LogP contribution < -0.4 is 10.2 Å². The van der Waals surface area contributed by atoms with Crippen molar-refractivity contribution in [3.8, 4) is 5.75 Å². The number of carbonyl (C=O) groups excluding carboxylic acids is 4. The molecule has 51 heavy (non-hydrogen) atoms. The van der Waals surface area contributed by atoms with Gasteiger partial charge in [-0.3, -0.25) is 29.5 Å². The molecule has 2 aliphatic carbocycles. The number of nitrogens with zero attached hydrogens (tertiary/aromatic N) is 2. The Morgan fingerprint density at radius 3 is 2.35 bits per heavy atom. The lowest BCUT2D eigenvalue weighted by atomic mass is 9.49. The second kappa shape index (κ2) is 13.0. The first-order valence-corrected chi connectivity index (χ1v) is 18.1. The number of aliphatic hydroxyl groups excluding tert-OH is 1. The number of imide groups is 2. The summed E-state index contributed by atoms with van der Waals surface area (Å²) in [6.45, 7) is 0.131. The largest absolute Gasteiger partial charge is 0.491 e. The zero-order chi connectivity index (χ0) is 35.4. The van der Waals surface area contributed by atoms with Crippen LogP contribution in [-0.2, 0) is 31.1 Å². The van der Waals surface area contributed by atoms with Gasteiger partial charge >= 0.3 is 0 Å². The van der Waals surface area contributed by atoms with Crippen LogP contribution in [0, 0.1) is 29.5 Å². The average molecular weight is 726 g/mol. The Morgan fingerprint density at radius 1 is 0.922 bits per heavy atom. The monoisotopic (exact) mass is 725 g/mol. The molecular formula is C39H33ClFN3O6S. The van der Waals surface area contributed by atoms with E-state index in [1.807, 2.05) is 35.7 Å². The lowest BCUT2D eigenvalue weighted by Gasteiger charge is -2.50. The number of amides is 4. The third kappa shape index (κ3) is 5.37. The van der Waals surface area contributed by atoms with Gasteiger partial charge in [0.2, 0.25) is 11.8 Å². The molecular weight excluding hydrogens is 693 g/mol. The molecule has 6 atom stereocenters. The van der Waals surface area contributed by atoms with Crippen molar-refractivity contribution in [1.29, 1.82) is 0 Å². The Balaban J connectivity index is 1.29. The van der Waals surface area contributed by atoms with Crippen LogP contribution in [0.4, 0.5) is 10.1 Å². The maximum atomic E-state index is 15.2. The van der Waals surface area contributed by atoms with Crippen LogP contribution in [0.1, 0.15) is 34.8 Å². The number of halogens is 2. The van der Waals surface area contributed by atoms with Crippen molar-refractivity contribution in [3.63, 3.8) is 0 Å². The number of carbonyl (C=O) groups is 4. The molecule has 9 nitrogen and oxygen atoms in total. The molecule has 260 valence electrons. The Kier molecular flexibility index (Phi) is 8.52. The highest BCUT2D eigenvalue weighted by molar-refractivity contribution is 7.09. The number of allylic oxidation sites excluding steroid dienone is 2. The normalized spacial score (nSPS) is 26.9. The van der Waals surface area contributed by atoms with E-state index < -0.39 is 52.6 Å². The maximum Gasteiger partial charge on any atom is 0.260 e. The molecule has 0 unspecified atom stereocenters. The Hall–Kier alpha value is -4.84. The van der Waals surface area contributed by atoms with E-state index in [0.717, 1.165) is 21.0 Å². The van der Waals surface area contributed by atoms with Crippen molar-refractivity contribution in [3.05, 3.63) is 129 Å². The number of benzene rings is 3. The van der Waals surface area contributed by atoms with Crippen molar-refractivity contribution < 1.29 is 33.4 Å². The predicted octanol–water partition coefficient (Wildman–Crippen LogP) is 6.10. The molecule has 0 spiro atoms. The second-order valence-electron chi connectivity index (χ2n) is 13.4. The molecule has 2 aliphatic heterocycles. The summed E-state index contributed by atoms with van der Waals surface area (Å²) in [5.74, 6) is -4.86. The van der Waals surface area contributed by atoms with Crippen molar-refractivity contribution in [2.45, 2.75) is 30.7 Å². The van der Waals surface area contributed by atoms with Crippen LogP contribution in [0.2, 0.25) is 5.02 Å². The van der Waals surface area contributed by atoms with Crippen LogP contribution in [0.15, 0.2) is 102 Å². The van der Waals surface area contributed by atoms with Crippen molar-refractivity contribution >= 4 is 52.3 Å². The third-order valence-electron chi connectivity index (χ3n) is 10.8. The lowest BCUT2D eigenvalue weighted by Crippen LogP contribution is -2.53. The number of hydrogen-bond donors (Lipinski definition) is 2. The molecule has 4 aromatic rings. The first-order valence-electron chi connectivity index (χ1n) is 16.8. The number of fused-ring (bicyclic) bond motifs is 4. The molecule has 4 amide bonds. The molecule has 2 N–H and O–H groups in total. The summed E-state index contributed by atoms with van der Waals surface area (Å²) >= 11 is 7.84. The van der Waals surface area contributed by atoms with Crippen molar-refractivity contribution in [2.24, 2.45) is 23.7 Å². The zero-order valence-corrected chi connectivity index (χ0v) is 28.8. The summed E-state index contributed by atoms with van der Waals surface area (Å²) in [5.41, 5.74) is 3.97. The predicted molar refractivity (Wildman–Crippen MR) is 188 cm³/mol. The summed E-state index contributed by atoms with van der Waals surface area (Å²) in [6.07, 6.45) is 2.48. The van der Waals surface area contributed by atoms with Gasteiger partial charge in [0.05, 0.1) is 42.0 Å². The number of ether oxygens (including phenoxy) is 1. The molecule has 12 heteroatoms. The van der Waals surface area contributed by atoms with Gasteiger partial charge < -0.3 is 9.84 Å². The molecule has 2 saturated heterocycles. The van der Waals surface area contributed by atoms with E-state index in [9.17, 15) is 23.9 Å². The molecule has 8 rings (SSSR count). The van der Waals surface area contributed by atoms with Gasteiger partial charge in [-0.25, -0.2) is 4.39 Å². The minimum Gasteiger partial charge on any atom is -0.491 e. The number of nitrogens with one attached hydrogen (secondary N) is 1. The molecule has 3 aromatic carbocycles. The fourth-order valence-corrected chi connectivity index (χ4v) is 9.55. The number of anilines is 1. The van der Waals surface area contributed by atoms with E-state index in [2.05, 4.69) is 5.43 Å². The van der Waals surface area contributed by atoms with E-state index in [1.54, 1.807) is 36.4 Å². The van der Waals surface area contributed by atoms with Gasteiger partial charge in [-0.2, -0.15) is 5.01 Å². The summed E-state index contributed by atoms with van der Waals surface area (Å²) in [6, 6.07) is 23.3. The maximum absolute atomic E-state index is 15.2. The molecule has 3 fully saturated rings. The fourth-order valence-electron chi connectivity index (χ4n) is 8.73. The van der Waals surface area contributed by atoms with Gasteiger partial charge in [-0.15, -0.1) is 11.3 Å². The highest BCUT2D eigenvalue weighted by Gasteiger charge is 2.70. The van der Waals surface area contributed by atoms with Gasteiger partial charge in [-0.05, 0) is 89.9 Å². The molecule has 0 bridgehead atoms. The number of hydrazine groups is 1. The molecule has 3 heterocycles. The quantitative estimate of drug-likeness (QED) is 0.158. The summed E-state index contributed by atoms with van der Waals surface area (Å²) in [5, 5.41) is 12.7. The fraction of sp³-hybridized carbons (Fsp3) is 0.282. The lowest BCUT2D eigenvalue weighted by molar-refractivity contribution is -0.141. The number of likely N-dealkylation sites (tertiary alicyclic amines) is 1. The van der Waals surface area contributed by atoms with Gasteiger partial charge in [0.15, 0.2) is 0 Å². The Bertz CT molecular complexity index is 2040. The van der Waals surface area contributed by atoms with Gasteiger partial charge in [0.1, 0.15) is 18.2 Å². The number of hydrogen-bond acceptors (Lipinski definition) is 8. The van der Waals surface area contributed by atoms with Gasteiger partial charge in [-0.1, -0.05) is 53.6 Å².